The van der Waals surface area contributed by atoms with Gasteiger partial charge in [-0.15, -0.1) is 11.8 Å². The number of thioether (sulfide) groups is 1. The van der Waals surface area contributed by atoms with Gasteiger partial charge in [0.1, 0.15) is 12.1 Å². The zero-order valence-electron chi connectivity index (χ0n) is 21.3. The number of halogens is 4. The van der Waals surface area contributed by atoms with Gasteiger partial charge in [0.25, 0.3) is 0 Å². The summed E-state index contributed by atoms with van der Waals surface area (Å²) in [6.07, 6.45) is 2.09. The van der Waals surface area contributed by atoms with Crippen molar-refractivity contribution < 1.29 is 18.3 Å². The van der Waals surface area contributed by atoms with Crippen LogP contribution in [0.1, 0.15) is 50.4 Å². The molecule has 0 radical (unpaired) electrons. The molecular formula is C26H30F2I2N4O2S. The van der Waals surface area contributed by atoms with Crippen LogP contribution in [0.25, 0.3) is 0 Å². The SMILES string of the molecule is CC=N/C(=C(\C)CSc1cc(C(F)(I)I)ccc1C)[C@H](C)Nc1nccc(C2C(=O)OC[C@@H]2[C@H](C)F)n1. The van der Waals surface area contributed by atoms with Crippen molar-refractivity contribution in [2.45, 2.75) is 59.3 Å². The second-order valence-corrected chi connectivity index (χ2v) is 15.0. The average molecular weight is 754 g/mol. The van der Waals surface area contributed by atoms with Crippen LogP contribution in [-0.4, -0.2) is 46.7 Å². The number of nitrogens with zero attached hydrogens (tertiary/aromatic N) is 3. The Morgan fingerprint density at radius 1 is 1.38 bits per heavy atom. The molecular weight excluding hydrogens is 724 g/mol. The quantitative estimate of drug-likeness (QED) is 0.0903. The lowest BCUT2D eigenvalue weighted by molar-refractivity contribution is -0.139. The van der Waals surface area contributed by atoms with Crippen molar-refractivity contribution in [3.63, 3.8) is 0 Å². The first-order valence-electron chi connectivity index (χ1n) is 11.8. The molecule has 2 heterocycles. The fourth-order valence-corrected chi connectivity index (χ4v) is 5.77. The number of hydrogen-bond donors (Lipinski definition) is 1. The Bertz CT molecular complexity index is 1190. The zero-order chi connectivity index (χ0) is 27.3. The van der Waals surface area contributed by atoms with E-state index in [0.29, 0.717) is 23.0 Å². The Labute approximate surface area is 248 Å². The number of carbonyl (C=O) groups is 1. The van der Waals surface area contributed by atoms with E-state index in [2.05, 4.69) is 20.3 Å². The minimum absolute atomic E-state index is 0.0453. The highest BCUT2D eigenvalue weighted by Crippen LogP contribution is 2.42. The Kier molecular flexibility index (Phi) is 10.7. The van der Waals surface area contributed by atoms with Crippen LogP contribution in [-0.2, 0) is 11.2 Å². The van der Waals surface area contributed by atoms with Crippen molar-refractivity contribution in [2.24, 2.45) is 10.9 Å². The van der Waals surface area contributed by atoms with E-state index < -0.39 is 25.7 Å². The smallest absolute Gasteiger partial charge is 0.315 e. The molecule has 0 aliphatic carbocycles. The van der Waals surface area contributed by atoms with Crippen molar-refractivity contribution in [2.75, 3.05) is 17.7 Å². The van der Waals surface area contributed by atoms with Crippen LogP contribution in [0.5, 0.6) is 0 Å². The van der Waals surface area contributed by atoms with Crippen molar-refractivity contribution in [1.29, 1.82) is 0 Å². The number of ether oxygens (including phenoxy) is 1. The molecule has 0 saturated carbocycles. The maximum absolute atomic E-state index is 14.5. The molecule has 37 heavy (non-hydrogen) atoms. The van der Waals surface area contributed by atoms with Gasteiger partial charge in [0, 0.05) is 34.5 Å². The first-order chi connectivity index (χ1) is 17.4. The highest BCUT2D eigenvalue weighted by Gasteiger charge is 2.42. The lowest BCUT2D eigenvalue weighted by Gasteiger charge is -2.20. The summed E-state index contributed by atoms with van der Waals surface area (Å²) in [6.45, 7) is 9.31. The fourth-order valence-electron chi connectivity index (χ4n) is 4.08. The molecule has 11 heteroatoms. The molecule has 0 bridgehead atoms. The number of esters is 1. The number of carbonyl (C=O) groups excluding carboxylic acids is 1. The predicted molar refractivity (Wildman–Crippen MR) is 162 cm³/mol. The van der Waals surface area contributed by atoms with Gasteiger partial charge in [-0.3, -0.25) is 9.79 Å². The molecule has 1 aromatic heterocycles. The van der Waals surface area contributed by atoms with Gasteiger partial charge in [-0.05, 0) is 103 Å². The standard InChI is InChI=1S/C26H30F2I2N4O2S/c1-6-31-23(15(3)13-37-21-11-18(26(28,29)30)8-7-14(21)2)17(5)33-25-32-10-9-20(34-25)22-19(16(4)27)12-36-24(22)35/h6-11,16-17,19,22H,12-13H2,1-5H3,(H,32,33,34)/b23-15+,31-6?/t16-,17-,19+,22?/m0/s1. The topological polar surface area (TPSA) is 76.5 Å². The lowest BCUT2D eigenvalue weighted by atomic mass is 9.89. The third-order valence-corrected chi connectivity index (χ3v) is 8.68. The molecule has 200 valence electrons. The summed E-state index contributed by atoms with van der Waals surface area (Å²) >= 11 is 5.22. The van der Waals surface area contributed by atoms with Gasteiger partial charge >= 0.3 is 5.97 Å². The first kappa shape index (κ1) is 30.2. The average Bonchev–Trinajstić information content (AvgIpc) is 3.22. The van der Waals surface area contributed by atoms with Crippen molar-refractivity contribution in [1.82, 2.24) is 9.97 Å². The number of alkyl halides is 4. The van der Waals surface area contributed by atoms with Crippen molar-refractivity contribution in [3.05, 3.63) is 58.6 Å². The van der Waals surface area contributed by atoms with E-state index in [1.165, 1.54) is 6.92 Å². The number of anilines is 1. The second kappa shape index (κ2) is 13.1. The molecule has 1 fully saturated rings. The molecule has 1 aliphatic heterocycles. The van der Waals surface area contributed by atoms with Gasteiger partial charge in [0.2, 0.25) is 7.63 Å². The number of aliphatic imine (C=N–C) groups is 1. The third kappa shape index (κ3) is 7.84. The van der Waals surface area contributed by atoms with Crippen molar-refractivity contribution >= 4 is 75.1 Å². The normalized spacial score (nSPS) is 20.5. The van der Waals surface area contributed by atoms with Crippen LogP contribution in [0.3, 0.4) is 0 Å². The van der Waals surface area contributed by atoms with E-state index in [1.807, 2.05) is 45.9 Å². The molecule has 4 atom stereocenters. The highest BCUT2D eigenvalue weighted by atomic mass is 127. The molecule has 1 aromatic carbocycles. The number of aromatic nitrogens is 2. The monoisotopic (exact) mass is 754 g/mol. The number of aryl methyl sites for hydroxylation is 1. The minimum Gasteiger partial charge on any atom is -0.465 e. The van der Waals surface area contributed by atoms with Crippen LogP contribution in [0.4, 0.5) is 14.7 Å². The van der Waals surface area contributed by atoms with Crippen LogP contribution in [0.2, 0.25) is 0 Å². The van der Waals surface area contributed by atoms with E-state index in [9.17, 15) is 13.6 Å². The molecule has 2 aromatic rings. The van der Waals surface area contributed by atoms with E-state index in [0.717, 1.165) is 21.7 Å². The van der Waals surface area contributed by atoms with Crippen molar-refractivity contribution in [3.8, 4) is 0 Å². The van der Waals surface area contributed by atoms with Crippen LogP contribution < -0.4 is 5.32 Å². The molecule has 0 amide bonds. The fraction of sp³-hybridized carbons (Fsp3) is 0.462. The van der Waals surface area contributed by atoms with E-state index in [4.69, 9.17) is 4.74 Å². The molecule has 1 N–H and O–H groups in total. The highest BCUT2D eigenvalue weighted by molar-refractivity contribution is 14.2. The van der Waals surface area contributed by atoms with Crippen LogP contribution in [0.15, 0.2) is 51.6 Å². The lowest BCUT2D eigenvalue weighted by Crippen LogP contribution is -2.24. The molecule has 1 unspecified atom stereocenters. The summed E-state index contributed by atoms with van der Waals surface area (Å²) in [5, 5.41) is 3.27. The number of hydrogen-bond acceptors (Lipinski definition) is 7. The second-order valence-electron chi connectivity index (χ2n) is 8.94. The van der Waals surface area contributed by atoms with Gasteiger partial charge in [-0.1, -0.05) is 12.1 Å². The molecule has 6 nitrogen and oxygen atoms in total. The predicted octanol–water partition coefficient (Wildman–Crippen LogP) is 7.31. The molecule has 1 saturated heterocycles. The molecule has 0 spiro atoms. The minimum atomic E-state index is -1.47. The van der Waals surface area contributed by atoms with E-state index in [-0.39, 0.29) is 12.6 Å². The Morgan fingerprint density at radius 2 is 2.11 bits per heavy atom. The zero-order valence-corrected chi connectivity index (χ0v) is 26.4. The molecule has 3 rings (SSSR count). The molecule has 1 aliphatic rings. The third-order valence-electron chi connectivity index (χ3n) is 6.11. The van der Waals surface area contributed by atoms with Gasteiger partial charge in [0.15, 0.2) is 0 Å². The summed E-state index contributed by atoms with van der Waals surface area (Å²) in [4.78, 5) is 26.7. The van der Waals surface area contributed by atoms with Gasteiger partial charge < -0.3 is 10.1 Å². The Balaban J connectivity index is 1.79. The van der Waals surface area contributed by atoms with Gasteiger partial charge in [-0.2, -0.15) is 0 Å². The maximum Gasteiger partial charge on any atom is 0.315 e. The first-order valence-corrected chi connectivity index (χ1v) is 15.0. The maximum atomic E-state index is 14.5. The summed E-state index contributed by atoms with van der Waals surface area (Å²) in [6, 6.07) is 7.04. The number of rotatable bonds is 10. The summed E-state index contributed by atoms with van der Waals surface area (Å²) < 4.78 is 32.2. The van der Waals surface area contributed by atoms with Gasteiger partial charge in [-0.25, -0.2) is 18.7 Å². The van der Waals surface area contributed by atoms with E-state index >= 15 is 0 Å². The summed E-state index contributed by atoms with van der Waals surface area (Å²) in [5.74, 6) is -0.809. The largest absolute Gasteiger partial charge is 0.465 e. The van der Waals surface area contributed by atoms with E-state index in [1.54, 1.807) is 75.4 Å². The van der Waals surface area contributed by atoms with Crippen LogP contribution >= 0.6 is 56.9 Å². The van der Waals surface area contributed by atoms with Crippen LogP contribution in [0, 0.1) is 12.8 Å². The number of benzene rings is 1. The Morgan fingerprint density at radius 3 is 2.76 bits per heavy atom. The number of cyclic esters (lactones) is 1. The number of nitrogens with one attached hydrogen (secondary N) is 1. The summed E-state index contributed by atoms with van der Waals surface area (Å²) in [7, 11) is 0. The summed E-state index contributed by atoms with van der Waals surface area (Å²) in [5.41, 5.74) is 4.02. The van der Waals surface area contributed by atoms with Gasteiger partial charge in [0.05, 0.1) is 24.0 Å². The Hall–Kier alpha value is -1.35.